The zero-order chi connectivity index (χ0) is 41.1. The first kappa shape index (κ1) is 46.1. The van der Waals surface area contributed by atoms with Gasteiger partial charge in [0.2, 0.25) is 11.5 Å². The van der Waals surface area contributed by atoms with E-state index in [1.54, 1.807) is 55.4 Å². The van der Waals surface area contributed by atoms with Crippen LogP contribution in [0.3, 0.4) is 0 Å². The van der Waals surface area contributed by atoms with Crippen molar-refractivity contribution in [1.82, 2.24) is 0 Å². The molecule has 0 unspecified atom stereocenters. The van der Waals surface area contributed by atoms with Crippen LogP contribution in [0.1, 0.15) is 76.1 Å². The molecule has 0 aromatic heterocycles. The average molecular weight is 769 g/mol. The number of carbonyl (C=O) groups is 6. The minimum Gasteiger partial charge on any atom is -0.504 e. The van der Waals surface area contributed by atoms with Gasteiger partial charge in [0.15, 0.2) is 49.4 Å². The van der Waals surface area contributed by atoms with Crippen molar-refractivity contribution in [3.63, 3.8) is 0 Å². The third kappa shape index (κ3) is 17.1. The van der Waals surface area contributed by atoms with Crippen LogP contribution in [0, 0.1) is 0 Å². The molecule has 0 saturated heterocycles. The second-order valence-electron chi connectivity index (χ2n) is 11.9. The topological polar surface area (TPSA) is 235 Å². The lowest BCUT2D eigenvalue weighted by Gasteiger charge is -2.18. The van der Waals surface area contributed by atoms with Gasteiger partial charge in [0, 0.05) is 0 Å². The lowest BCUT2D eigenvalue weighted by atomic mass is 10.2. The van der Waals surface area contributed by atoms with Crippen molar-refractivity contribution in [2.75, 3.05) is 40.6 Å². The molecule has 2 rings (SSSR count). The van der Waals surface area contributed by atoms with Crippen molar-refractivity contribution in [3.8, 4) is 34.5 Å². The van der Waals surface area contributed by atoms with E-state index in [0.717, 1.165) is 12.1 Å². The Kier molecular flexibility index (Phi) is 19.5. The Hall–Kier alpha value is -5.94. The molecular weight excluding hydrogens is 720 g/mol. The van der Waals surface area contributed by atoms with Gasteiger partial charge >= 0.3 is 35.8 Å². The molecule has 0 aliphatic rings. The number of phenols is 2. The van der Waals surface area contributed by atoms with Gasteiger partial charge in [-0.25, -0.2) is 28.8 Å². The molecule has 0 saturated carbocycles. The number of hydrogen-bond donors (Lipinski definition) is 2. The fraction of sp³-hybridized carbons (Fsp3) is 0.500. The first-order valence-electron chi connectivity index (χ1n) is 16.5. The predicted octanol–water partition coefficient (Wildman–Crippen LogP) is 3.68. The lowest BCUT2D eigenvalue weighted by Crippen LogP contribution is -2.22. The summed E-state index contributed by atoms with van der Waals surface area (Å²) in [6.07, 6.45) is -1.41. The fourth-order valence-electron chi connectivity index (χ4n) is 3.84. The Morgan fingerprint density at radius 3 is 1.11 bits per heavy atom. The molecule has 0 aliphatic carbocycles. The number of ether oxygens (including phenoxy) is 10. The largest absolute Gasteiger partial charge is 0.504 e. The van der Waals surface area contributed by atoms with E-state index in [1.807, 2.05) is 0 Å². The van der Waals surface area contributed by atoms with Crippen molar-refractivity contribution in [2.45, 2.75) is 79.8 Å². The highest BCUT2D eigenvalue weighted by molar-refractivity contribution is 5.92. The van der Waals surface area contributed by atoms with Crippen LogP contribution in [0.5, 0.6) is 34.5 Å². The van der Waals surface area contributed by atoms with Gasteiger partial charge in [-0.05, 0) is 79.7 Å². The van der Waals surface area contributed by atoms with Crippen molar-refractivity contribution in [2.24, 2.45) is 0 Å². The van der Waals surface area contributed by atoms with E-state index < -0.39 is 73.7 Å². The summed E-state index contributed by atoms with van der Waals surface area (Å²) >= 11 is 0. The number of esters is 6. The summed E-state index contributed by atoms with van der Waals surface area (Å²) in [5.74, 6) is -5.83. The van der Waals surface area contributed by atoms with Crippen LogP contribution >= 0.6 is 0 Å². The number of hydrogen-bond acceptors (Lipinski definition) is 18. The maximum atomic E-state index is 12.2. The van der Waals surface area contributed by atoms with Crippen LogP contribution in [-0.2, 0) is 47.6 Å². The number of phenolic OH excluding ortho intramolecular Hbond substituents is 2. The minimum absolute atomic E-state index is 0.0148. The summed E-state index contributed by atoms with van der Waals surface area (Å²) in [5, 5.41) is 19.1. The maximum Gasteiger partial charge on any atom is 0.344 e. The van der Waals surface area contributed by atoms with Crippen LogP contribution in [0.15, 0.2) is 24.3 Å². The molecule has 0 radical (unpaired) electrons. The molecule has 0 aliphatic heterocycles. The zero-order valence-corrected chi connectivity index (χ0v) is 31.9. The van der Waals surface area contributed by atoms with Crippen molar-refractivity contribution in [3.05, 3.63) is 35.4 Å². The normalized spacial score (nSPS) is 10.5. The fourth-order valence-corrected chi connectivity index (χ4v) is 3.84. The Balaban J connectivity index is 0.000000618. The summed E-state index contributed by atoms with van der Waals surface area (Å²) in [7, 11) is 2.35. The standard InChI is InChI=1S/C23H32O11.C13H16O7/c1-13(2)32-19(24)10-29-17-8-16(23(27)28-7)9-18(30-11-20(25)33-14(3)4)22(17)31-12-21(26)34-15(5)6;1-7(2)20-11(15)6-19-10-5-8(13(17)18-3)4-9(14)12(10)16/h8-9,13-15H,10-12H2,1-7H3;4-5,7,14,16H,6H2,1-3H3. The highest BCUT2D eigenvalue weighted by Crippen LogP contribution is 2.40. The van der Waals surface area contributed by atoms with Gasteiger partial charge in [-0.3, -0.25) is 0 Å². The number of methoxy groups -OCH3 is 2. The smallest absolute Gasteiger partial charge is 0.344 e. The molecule has 0 amide bonds. The Labute approximate surface area is 312 Å². The Morgan fingerprint density at radius 1 is 0.481 bits per heavy atom. The summed E-state index contributed by atoms with van der Waals surface area (Å²) in [4.78, 5) is 70.7. The van der Waals surface area contributed by atoms with E-state index in [4.69, 9.17) is 42.6 Å². The average Bonchev–Trinajstić information content (AvgIpc) is 3.07. The van der Waals surface area contributed by atoms with Crippen LogP contribution in [-0.4, -0.2) is 111 Å². The molecule has 0 bridgehead atoms. The molecule has 300 valence electrons. The molecule has 54 heavy (non-hydrogen) atoms. The van der Waals surface area contributed by atoms with Crippen LogP contribution in [0.25, 0.3) is 0 Å². The number of benzene rings is 2. The quantitative estimate of drug-likeness (QED) is 0.125. The van der Waals surface area contributed by atoms with Gasteiger partial charge < -0.3 is 57.6 Å². The van der Waals surface area contributed by atoms with Gasteiger partial charge in [-0.2, -0.15) is 0 Å². The van der Waals surface area contributed by atoms with Crippen molar-refractivity contribution >= 4 is 35.8 Å². The van der Waals surface area contributed by atoms with E-state index in [-0.39, 0.29) is 58.5 Å². The van der Waals surface area contributed by atoms with Gasteiger partial charge in [0.05, 0.1) is 49.8 Å². The molecule has 0 heterocycles. The van der Waals surface area contributed by atoms with E-state index >= 15 is 0 Å². The van der Waals surface area contributed by atoms with Gasteiger partial charge in [-0.15, -0.1) is 0 Å². The third-order valence-corrected chi connectivity index (χ3v) is 5.76. The SMILES string of the molecule is COC(=O)c1cc(O)c(O)c(OCC(=O)OC(C)C)c1.COC(=O)c1cc(OCC(=O)OC(C)C)c(OCC(=O)OC(C)C)c(OCC(=O)OC(C)C)c1. The van der Waals surface area contributed by atoms with Crippen LogP contribution in [0.2, 0.25) is 0 Å². The highest BCUT2D eigenvalue weighted by atomic mass is 16.6. The molecule has 0 fully saturated rings. The van der Waals surface area contributed by atoms with Gasteiger partial charge in [-0.1, -0.05) is 0 Å². The second kappa shape index (κ2) is 22.9. The Morgan fingerprint density at radius 2 is 0.778 bits per heavy atom. The summed E-state index contributed by atoms with van der Waals surface area (Å²) in [6.45, 7) is 11.4. The summed E-state index contributed by atoms with van der Waals surface area (Å²) in [5.41, 5.74) is -0.0333. The Bertz CT molecular complexity index is 1550. The monoisotopic (exact) mass is 768 g/mol. The molecule has 2 aromatic carbocycles. The molecule has 0 atom stereocenters. The molecule has 18 nitrogen and oxygen atoms in total. The molecule has 18 heteroatoms. The number of aromatic hydroxyl groups is 2. The molecular formula is C36H48O18. The number of carbonyl (C=O) groups excluding carboxylic acids is 6. The summed E-state index contributed by atoms with van der Waals surface area (Å²) in [6, 6.07) is 4.68. The number of rotatable bonds is 18. The first-order chi connectivity index (χ1) is 25.3. The molecule has 2 N–H and O–H groups in total. The minimum atomic E-state index is -0.741. The van der Waals surface area contributed by atoms with E-state index in [2.05, 4.69) is 4.74 Å². The lowest BCUT2D eigenvalue weighted by molar-refractivity contribution is -0.151. The van der Waals surface area contributed by atoms with E-state index in [1.165, 1.54) is 26.4 Å². The van der Waals surface area contributed by atoms with E-state index in [0.29, 0.717) is 0 Å². The van der Waals surface area contributed by atoms with Crippen molar-refractivity contribution in [1.29, 1.82) is 0 Å². The summed E-state index contributed by atoms with van der Waals surface area (Å²) < 4.78 is 50.8. The highest BCUT2D eigenvalue weighted by Gasteiger charge is 2.23. The second-order valence-corrected chi connectivity index (χ2v) is 11.9. The van der Waals surface area contributed by atoms with Gasteiger partial charge in [0.25, 0.3) is 0 Å². The van der Waals surface area contributed by atoms with Crippen LogP contribution < -0.4 is 18.9 Å². The van der Waals surface area contributed by atoms with E-state index in [9.17, 15) is 39.0 Å². The van der Waals surface area contributed by atoms with Crippen molar-refractivity contribution < 1.29 is 86.3 Å². The molecule has 0 spiro atoms. The first-order valence-corrected chi connectivity index (χ1v) is 16.5. The molecule has 2 aromatic rings. The predicted molar refractivity (Wildman–Crippen MR) is 186 cm³/mol. The maximum absolute atomic E-state index is 12.2. The zero-order valence-electron chi connectivity index (χ0n) is 31.9. The van der Waals surface area contributed by atoms with Crippen LogP contribution in [0.4, 0.5) is 0 Å². The van der Waals surface area contributed by atoms with Gasteiger partial charge in [0.1, 0.15) is 0 Å². The third-order valence-electron chi connectivity index (χ3n) is 5.76.